The molecule has 1 aromatic rings. The van der Waals surface area contributed by atoms with Crippen molar-refractivity contribution < 1.29 is 24.2 Å². The molecule has 0 unspecified atom stereocenters. The molecule has 2 amide bonds. The third-order valence-electron chi connectivity index (χ3n) is 2.60. The normalized spacial score (nSPS) is 11.7. The van der Waals surface area contributed by atoms with E-state index >= 15 is 0 Å². The first-order valence-corrected chi connectivity index (χ1v) is 6.16. The fourth-order valence-electron chi connectivity index (χ4n) is 1.48. The number of hydrogen-bond acceptors (Lipinski definition) is 3. The zero-order chi connectivity index (χ0) is 15.0. The number of carboxylic acid groups (broad SMARTS) is 1. The van der Waals surface area contributed by atoms with Crippen LogP contribution in [-0.2, 0) is 11.2 Å². The van der Waals surface area contributed by atoms with Crippen molar-refractivity contribution in [2.45, 2.75) is 18.9 Å². The molecule has 0 aliphatic heterocycles. The van der Waals surface area contributed by atoms with Crippen molar-refractivity contribution in [1.82, 2.24) is 10.6 Å². The highest BCUT2D eigenvalue weighted by atomic mass is 19.1. The number of nitrogens with one attached hydrogen (secondary N) is 2. The maximum atomic E-state index is 12.7. The highest BCUT2D eigenvalue weighted by molar-refractivity contribution is 5.74. The Labute approximate surface area is 115 Å². The highest BCUT2D eigenvalue weighted by Gasteiger charge is 2.12. The Kier molecular flexibility index (Phi) is 6.45. The van der Waals surface area contributed by atoms with Gasteiger partial charge in [-0.05, 0) is 24.1 Å². The minimum absolute atomic E-state index is 0.0548. The minimum atomic E-state index is -1.48. The SMILES string of the molecule is O=C(NCCc1ccc(F)cc1)NCC[C@H](O)C(=O)O. The number of aliphatic carboxylic acids is 1. The second-order valence-corrected chi connectivity index (χ2v) is 4.20. The van der Waals surface area contributed by atoms with Gasteiger partial charge in [-0.1, -0.05) is 12.1 Å². The summed E-state index contributed by atoms with van der Waals surface area (Å²) in [7, 11) is 0. The van der Waals surface area contributed by atoms with Crippen molar-refractivity contribution in [1.29, 1.82) is 0 Å². The zero-order valence-corrected chi connectivity index (χ0v) is 10.8. The van der Waals surface area contributed by atoms with E-state index in [2.05, 4.69) is 10.6 Å². The van der Waals surface area contributed by atoms with Crippen molar-refractivity contribution >= 4 is 12.0 Å². The first-order chi connectivity index (χ1) is 9.49. The summed E-state index contributed by atoms with van der Waals surface area (Å²) < 4.78 is 12.7. The molecule has 110 valence electrons. The predicted molar refractivity (Wildman–Crippen MR) is 69.8 cm³/mol. The van der Waals surface area contributed by atoms with Gasteiger partial charge in [0.2, 0.25) is 0 Å². The van der Waals surface area contributed by atoms with Gasteiger partial charge < -0.3 is 20.8 Å². The van der Waals surface area contributed by atoms with Crippen molar-refractivity contribution in [2.24, 2.45) is 0 Å². The van der Waals surface area contributed by atoms with E-state index in [-0.39, 0.29) is 18.8 Å². The van der Waals surface area contributed by atoms with E-state index in [0.717, 1.165) is 5.56 Å². The second kappa shape index (κ2) is 8.11. The summed E-state index contributed by atoms with van der Waals surface area (Å²) in [5.41, 5.74) is 0.896. The first-order valence-electron chi connectivity index (χ1n) is 6.16. The van der Waals surface area contributed by atoms with Gasteiger partial charge in [0.05, 0.1) is 0 Å². The maximum absolute atomic E-state index is 12.7. The topological polar surface area (TPSA) is 98.7 Å². The van der Waals surface area contributed by atoms with Gasteiger partial charge in [-0.3, -0.25) is 0 Å². The third-order valence-corrected chi connectivity index (χ3v) is 2.60. The number of halogens is 1. The summed E-state index contributed by atoms with van der Waals surface area (Å²) in [6.45, 7) is 0.439. The van der Waals surface area contributed by atoms with Crippen LogP contribution < -0.4 is 10.6 Å². The molecule has 0 heterocycles. The predicted octanol–water partition coefficient (Wildman–Crippen LogP) is 0.503. The molecule has 1 aromatic carbocycles. The molecule has 0 aromatic heterocycles. The molecular weight excluding hydrogens is 267 g/mol. The molecule has 0 spiro atoms. The first kappa shape index (κ1) is 15.9. The second-order valence-electron chi connectivity index (χ2n) is 4.20. The fraction of sp³-hybridized carbons (Fsp3) is 0.385. The molecule has 0 saturated carbocycles. The average molecular weight is 284 g/mol. The van der Waals surface area contributed by atoms with Gasteiger partial charge in [0.25, 0.3) is 0 Å². The van der Waals surface area contributed by atoms with Gasteiger partial charge in [0.15, 0.2) is 6.10 Å². The molecular formula is C13H17FN2O4. The van der Waals surface area contributed by atoms with Gasteiger partial charge >= 0.3 is 12.0 Å². The van der Waals surface area contributed by atoms with Gasteiger partial charge in [-0.15, -0.1) is 0 Å². The summed E-state index contributed by atoms with van der Waals surface area (Å²) in [5, 5.41) is 22.4. The van der Waals surface area contributed by atoms with Gasteiger partial charge in [0, 0.05) is 19.5 Å². The zero-order valence-electron chi connectivity index (χ0n) is 10.8. The number of urea groups is 1. The molecule has 6 nitrogen and oxygen atoms in total. The van der Waals surface area contributed by atoms with Gasteiger partial charge in [-0.25, -0.2) is 14.0 Å². The molecule has 0 radical (unpaired) electrons. The molecule has 1 atom stereocenters. The Bertz CT molecular complexity index is 450. The van der Waals surface area contributed by atoms with Crippen LogP contribution in [0.1, 0.15) is 12.0 Å². The number of rotatable bonds is 7. The molecule has 20 heavy (non-hydrogen) atoms. The molecule has 7 heteroatoms. The number of benzene rings is 1. The number of aliphatic hydroxyl groups excluding tert-OH is 1. The molecule has 0 saturated heterocycles. The van der Waals surface area contributed by atoms with E-state index in [0.29, 0.717) is 13.0 Å². The van der Waals surface area contributed by atoms with Crippen LogP contribution in [0, 0.1) is 5.82 Å². The number of hydrogen-bond donors (Lipinski definition) is 4. The van der Waals surface area contributed by atoms with E-state index in [4.69, 9.17) is 10.2 Å². The summed E-state index contributed by atoms with van der Waals surface area (Å²) in [5.74, 6) is -1.63. The van der Waals surface area contributed by atoms with Crippen LogP contribution in [0.3, 0.4) is 0 Å². The Morgan fingerprint density at radius 2 is 1.75 bits per heavy atom. The van der Waals surface area contributed by atoms with Crippen LogP contribution in [0.5, 0.6) is 0 Å². The number of amides is 2. The van der Waals surface area contributed by atoms with Crippen LogP contribution >= 0.6 is 0 Å². The monoisotopic (exact) mass is 284 g/mol. The van der Waals surface area contributed by atoms with Gasteiger partial charge in [0.1, 0.15) is 5.82 Å². The maximum Gasteiger partial charge on any atom is 0.332 e. The van der Waals surface area contributed by atoms with Gasteiger partial charge in [-0.2, -0.15) is 0 Å². The van der Waals surface area contributed by atoms with Crippen LogP contribution in [-0.4, -0.2) is 41.4 Å². The Balaban J connectivity index is 2.14. The standard InChI is InChI=1S/C13H17FN2O4/c14-10-3-1-9(2-4-10)5-7-15-13(20)16-8-6-11(17)12(18)19/h1-4,11,17H,5-8H2,(H,18,19)(H2,15,16,20)/t11-/m0/s1. The molecule has 0 aliphatic carbocycles. The quantitative estimate of drug-likeness (QED) is 0.586. The van der Waals surface area contributed by atoms with Crippen LogP contribution in [0.25, 0.3) is 0 Å². The Morgan fingerprint density at radius 1 is 1.15 bits per heavy atom. The Morgan fingerprint density at radius 3 is 2.35 bits per heavy atom. The van der Waals surface area contributed by atoms with E-state index in [1.165, 1.54) is 12.1 Å². The summed E-state index contributed by atoms with van der Waals surface area (Å²) in [4.78, 5) is 21.7. The number of carbonyl (C=O) groups is 2. The molecule has 0 aliphatic rings. The van der Waals surface area contributed by atoms with E-state index < -0.39 is 18.1 Å². The lowest BCUT2D eigenvalue weighted by Crippen LogP contribution is -2.38. The lowest BCUT2D eigenvalue weighted by atomic mass is 10.1. The van der Waals surface area contributed by atoms with E-state index in [1.54, 1.807) is 12.1 Å². The molecule has 1 rings (SSSR count). The average Bonchev–Trinajstić information content (AvgIpc) is 2.40. The van der Waals surface area contributed by atoms with Crippen molar-refractivity contribution in [3.8, 4) is 0 Å². The number of carbonyl (C=O) groups excluding carboxylic acids is 1. The summed E-state index contributed by atoms with van der Waals surface area (Å²) in [6.07, 6.45) is -0.971. The lowest BCUT2D eigenvalue weighted by Gasteiger charge is -2.09. The summed E-state index contributed by atoms with van der Waals surface area (Å²) in [6, 6.07) is 5.53. The largest absolute Gasteiger partial charge is 0.479 e. The van der Waals surface area contributed by atoms with Crippen LogP contribution in [0.4, 0.5) is 9.18 Å². The fourth-order valence-corrected chi connectivity index (χ4v) is 1.48. The van der Waals surface area contributed by atoms with Crippen molar-refractivity contribution in [3.05, 3.63) is 35.6 Å². The van der Waals surface area contributed by atoms with Crippen LogP contribution in [0.15, 0.2) is 24.3 Å². The van der Waals surface area contributed by atoms with E-state index in [9.17, 15) is 14.0 Å². The molecule has 4 N–H and O–H groups in total. The number of carboxylic acids is 1. The number of aliphatic hydroxyl groups is 1. The minimum Gasteiger partial charge on any atom is -0.479 e. The molecule has 0 bridgehead atoms. The van der Waals surface area contributed by atoms with Crippen molar-refractivity contribution in [3.63, 3.8) is 0 Å². The third kappa shape index (κ3) is 6.14. The Hall–Kier alpha value is -2.15. The molecule has 0 fully saturated rings. The summed E-state index contributed by atoms with van der Waals surface area (Å²) >= 11 is 0. The van der Waals surface area contributed by atoms with Crippen LogP contribution in [0.2, 0.25) is 0 Å². The smallest absolute Gasteiger partial charge is 0.332 e. The van der Waals surface area contributed by atoms with E-state index in [1.807, 2.05) is 0 Å². The lowest BCUT2D eigenvalue weighted by molar-refractivity contribution is -0.146. The highest BCUT2D eigenvalue weighted by Crippen LogP contribution is 2.02. The van der Waals surface area contributed by atoms with Crippen molar-refractivity contribution in [2.75, 3.05) is 13.1 Å².